The van der Waals surface area contributed by atoms with Crippen molar-refractivity contribution >= 4 is 33.2 Å². The van der Waals surface area contributed by atoms with Gasteiger partial charge in [-0.15, -0.1) is 0 Å². The van der Waals surface area contributed by atoms with E-state index in [2.05, 4.69) is 5.32 Å². The average molecular weight is 421 g/mol. The number of carbonyl (C=O) groups excluding carboxylic acids is 2. The minimum atomic E-state index is -3.79. The van der Waals surface area contributed by atoms with E-state index in [0.717, 1.165) is 22.7 Å². The van der Waals surface area contributed by atoms with Crippen LogP contribution in [0.25, 0.3) is 0 Å². The number of hydrogen-bond acceptors (Lipinski definition) is 4. The van der Waals surface area contributed by atoms with Gasteiger partial charge < -0.3 is 10.2 Å². The fraction of sp³-hybridized carbons (Fsp3) is 0.300. The molecule has 0 radical (unpaired) electrons. The van der Waals surface area contributed by atoms with Crippen LogP contribution < -0.4 is 9.62 Å². The average Bonchev–Trinajstić information content (AvgIpc) is 2.67. The van der Waals surface area contributed by atoms with Crippen molar-refractivity contribution in [2.24, 2.45) is 0 Å². The standard InChI is InChI=1S/C20H24FN3O4S/c1-4-23(5-2)20(26)17-8-6-7-9-18(17)22-19(25)14-24(29(3,27)28)16-12-10-15(21)11-13-16/h6-13H,4-5,14H2,1-3H3,(H,22,25). The Morgan fingerprint density at radius 1 is 1.00 bits per heavy atom. The number of hydrogen-bond donors (Lipinski definition) is 1. The quantitative estimate of drug-likeness (QED) is 0.710. The molecular weight excluding hydrogens is 397 g/mol. The lowest BCUT2D eigenvalue weighted by Gasteiger charge is -2.23. The molecule has 2 rings (SSSR count). The largest absolute Gasteiger partial charge is 0.339 e. The Morgan fingerprint density at radius 2 is 1.59 bits per heavy atom. The van der Waals surface area contributed by atoms with Gasteiger partial charge in [0, 0.05) is 13.1 Å². The molecule has 2 aromatic rings. The molecule has 0 aliphatic carbocycles. The van der Waals surface area contributed by atoms with Gasteiger partial charge in [-0.05, 0) is 50.2 Å². The molecule has 0 saturated heterocycles. The van der Waals surface area contributed by atoms with Crippen LogP contribution in [0.5, 0.6) is 0 Å². The molecule has 0 heterocycles. The third kappa shape index (κ3) is 5.77. The van der Waals surface area contributed by atoms with E-state index in [0.29, 0.717) is 24.3 Å². The molecule has 1 N–H and O–H groups in total. The van der Waals surface area contributed by atoms with Gasteiger partial charge in [0.05, 0.1) is 23.2 Å². The number of carbonyl (C=O) groups is 2. The van der Waals surface area contributed by atoms with Gasteiger partial charge in [-0.3, -0.25) is 13.9 Å². The van der Waals surface area contributed by atoms with E-state index in [4.69, 9.17) is 0 Å². The summed E-state index contributed by atoms with van der Waals surface area (Å²) in [7, 11) is -3.79. The molecule has 2 aromatic carbocycles. The summed E-state index contributed by atoms with van der Waals surface area (Å²) in [6, 6.07) is 11.3. The van der Waals surface area contributed by atoms with Crippen LogP contribution in [0.2, 0.25) is 0 Å². The predicted molar refractivity (Wildman–Crippen MR) is 111 cm³/mol. The monoisotopic (exact) mass is 421 g/mol. The molecule has 0 unspecified atom stereocenters. The molecule has 0 aliphatic heterocycles. The highest BCUT2D eigenvalue weighted by Gasteiger charge is 2.23. The smallest absolute Gasteiger partial charge is 0.255 e. The molecule has 0 atom stereocenters. The molecule has 9 heteroatoms. The zero-order valence-electron chi connectivity index (χ0n) is 16.6. The van der Waals surface area contributed by atoms with Gasteiger partial charge in [-0.1, -0.05) is 12.1 Å². The molecule has 2 amide bonds. The van der Waals surface area contributed by atoms with Gasteiger partial charge in [0.25, 0.3) is 5.91 Å². The third-order valence-electron chi connectivity index (χ3n) is 4.28. The fourth-order valence-electron chi connectivity index (χ4n) is 2.79. The first-order valence-electron chi connectivity index (χ1n) is 9.08. The van der Waals surface area contributed by atoms with Crippen LogP contribution in [-0.2, 0) is 14.8 Å². The van der Waals surface area contributed by atoms with Crippen molar-refractivity contribution in [1.82, 2.24) is 4.90 Å². The van der Waals surface area contributed by atoms with Gasteiger partial charge in [0.15, 0.2) is 0 Å². The maximum Gasteiger partial charge on any atom is 0.255 e. The number of rotatable bonds is 8. The summed E-state index contributed by atoms with van der Waals surface area (Å²) in [6.45, 7) is 4.23. The molecule has 7 nitrogen and oxygen atoms in total. The number of sulfonamides is 1. The number of benzene rings is 2. The number of amides is 2. The zero-order valence-corrected chi connectivity index (χ0v) is 17.4. The van der Waals surface area contributed by atoms with Crippen LogP contribution in [0.4, 0.5) is 15.8 Å². The maximum atomic E-state index is 13.2. The van der Waals surface area contributed by atoms with Crippen molar-refractivity contribution in [2.75, 3.05) is 35.5 Å². The SMILES string of the molecule is CCN(CC)C(=O)c1ccccc1NC(=O)CN(c1ccc(F)cc1)S(C)(=O)=O. The topological polar surface area (TPSA) is 86.8 Å². The molecule has 0 bridgehead atoms. The van der Waals surface area contributed by atoms with Gasteiger partial charge in [-0.2, -0.15) is 0 Å². The van der Waals surface area contributed by atoms with E-state index in [1.807, 2.05) is 13.8 Å². The second-order valence-electron chi connectivity index (χ2n) is 6.32. The first kappa shape index (κ1) is 22.4. The van der Waals surface area contributed by atoms with Crippen molar-refractivity contribution in [1.29, 1.82) is 0 Å². The third-order valence-corrected chi connectivity index (χ3v) is 5.42. The highest BCUT2D eigenvalue weighted by atomic mass is 32.2. The van der Waals surface area contributed by atoms with Gasteiger partial charge in [0.1, 0.15) is 12.4 Å². The van der Waals surface area contributed by atoms with Crippen LogP contribution in [0.1, 0.15) is 24.2 Å². The second-order valence-corrected chi connectivity index (χ2v) is 8.22. The van der Waals surface area contributed by atoms with Crippen LogP contribution in [0.15, 0.2) is 48.5 Å². The Hall–Kier alpha value is -2.94. The minimum absolute atomic E-state index is 0.163. The van der Waals surface area contributed by atoms with E-state index in [1.165, 1.54) is 12.1 Å². The Labute approximate surface area is 170 Å². The Bertz CT molecular complexity index is 973. The number of nitrogens with one attached hydrogen (secondary N) is 1. The van der Waals surface area contributed by atoms with E-state index in [1.54, 1.807) is 29.2 Å². The summed E-state index contributed by atoms with van der Waals surface area (Å²) in [5.41, 5.74) is 0.774. The summed E-state index contributed by atoms with van der Waals surface area (Å²) in [4.78, 5) is 26.9. The van der Waals surface area contributed by atoms with E-state index in [-0.39, 0.29) is 11.6 Å². The number of anilines is 2. The van der Waals surface area contributed by atoms with Crippen LogP contribution in [0, 0.1) is 5.82 Å². The van der Waals surface area contributed by atoms with Crippen molar-refractivity contribution in [3.05, 3.63) is 59.9 Å². The first-order chi connectivity index (χ1) is 13.7. The zero-order chi connectivity index (χ0) is 21.6. The molecule has 0 spiro atoms. The summed E-state index contributed by atoms with van der Waals surface area (Å²) in [5.74, 6) is -1.38. The van der Waals surface area contributed by atoms with Gasteiger partial charge >= 0.3 is 0 Å². The highest BCUT2D eigenvalue weighted by molar-refractivity contribution is 7.92. The summed E-state index contributed by atoms with van der Waals surface area (Å²) < 4.78 is 38.3. The van der Waals surface area contributed by atoms with Gasteiger partial charge in [0.2, 0.25) is 15.9 Å². The summed E-state index contributed by atoms with van der Waals surface area (Å²) in [5, 5.41) is 2.61. The molecule has 0 fully saturated rings. The number of halogens is 1. The second kappa shape index (κ2) is 9.51. The lowest BCUT2D eigenvalue weighted by atomic mass is 10.1. The Morgan fingerprint density at radius 3 is 2.14 bits per heavy atom. The van der Waals surface area contributed by atoms with Crippen LogP contribution in [0.3, 0.4) is 0 Å². The predicted octanol–water partition coefficient (Wildman–Crippen LogP) is 2.71. The minimum Gasteiger partial charge on any atom is -0.339 e. The molecule has 0 aromatic heterocycles. The number of nitrogens with zero attached hydrogens (tertiary/aromatic N) is 2. The van der Waals surface area contributed by atoms with Crippen molar-refractivity contribution < 1.29 is 22.4 Å². The van der Waals surface area contributed by atoms with Crippen molar-refractivity contribution in [2.45, 2.75) is 13.8 Å². The van der Waals surface area contributed by atoms with Crippen LogP contribution in [-0.4, -0.2) is 51.0 Å². The van der Waals surface area contributed by atoms with E-state index < -0.39 is 28.3 Å². The normalized spacial score (nSPS) is 11.0. The van der Waals surface area contributed by atoms with E-state index in [9.17, 15) is 22.4 Å². The molecule has 0 saturated carbocycles. The Balaban J connectivity index is 2.25. The number of para-hydroxylation sites is 1. The molecule has 156 valence electrons. The van der Waals surface area contributed by atoms with Gasteiger partial charge in [-0.25, -0.2) is 12.8 Å². The fourth-order valence-corrected chi connectivity index (χ4v) is 3.64. The maximum absolute atomic E-state index is 13.2. The van der Waals surface area contributed by atoms with Crippen molar-refractivity contribution in [3.63, 3.8) is 0 Å². The van der Waals surface area contributed by atoms with Crippen LogP contribution >= 0.6 is 0 Å². The lowest BCUT2D eigenvalue weighted by molar-refractivity contribution is -0.114. The van der Waals surface area contributed by atoms with Crippen molar-refractivity contribution in [3.8, 4) is 0 Å². The molecule has 0 aliphatic rings. The highest BCUT2D eigenvalue weighted by Crippen LogP contribution is 2.20. The molecule has 29 heavy (non-hydrogen) atoms. The first-order valence-corrected chi connectivity index (χ1v) is 10.9. The molecular formula is C20H24FN3O4S. The summed E-state index contributed by atoms with van der Waals surface area (Å²) in [6.07, 6.45) is 0.960. The Kier molecular flexibility index (Phi) is 7.33. The summed E-state index contributed by atoms with van der Waals surface area (Å²) >= 11 is 0. The lowest BCUT2D eigenvalue weighted by Crippen LogP contribution is -2.38. The van der Waals surface area contributed by atoms with E-state index >= 15 is 0 Å².